The molecule has 1 saturated heterocycles. The van der Waals surface area contributed by atoms with Crippen LogP contribution in [0.15, 0.2) is 49.3 Å². The van der Waals surface area contributed by atoms with E-state index in [-0.39, 0.29) is 5.91 Å². The molecule has 0 radical (unpaired) electrons. The van der Waals surface area contributed by atoms with E-state index >= 15 is 0 Å². The Kier molecular flexibility index (Phi) is 4.90. The molecule has 1 N–H and O–H groups in total. The zero-order chi connectivity index (χ0) is 17.6. The van der Waals surface area contributed by atoms with Crippen molar-refractivity contribution in [1.82, 2.24) is 14.9 Å². The maximum absolute atomic E-state index is 11.7. The summed E-state index contributed by atoms with van der Waals surface area (Å²) in [6.07, 6.45) is 4.63. The molecule has 3 rings (SSSR count). The number of carbonyl (C=O) groups is 1. The number of nitrogens with one attached hydrogen (secondary N) is 1. The van der Waals surface area contributed by atoms with E-state index < -0.39 is 0 Å². The van der Waals surface area contributed by atoms with Gasteiger partial charge >= 0.3 is 0 Å². The van der Waals surface area contributed by atoms with E-state index in [2.05, 4.69) is 32.8 Å². The Morgan fingerprint density at radius 3 is 2.48 bits per heavy atom. The van der Waals surface area contributed by atoms with Crippen molar-refractivity contribution in [3.8, 4) is 6.07 Å². The SMILES string of the molecule is C=CC(=O)N1CCN(c2nccnc2Nc2ccc(C#N)cc2)CC1. The van der Waals surface area contributed by atoms with Crippen LogP contribution in [0.4, 0.5) is 17.3 Å². The fourth-order valence-corrected chi connectivity index (χ4v) is 2.68. The van der Waals surface area contributed by atoms with Crippen molar-refractivity contribution in [1.29, 1.82) is 5.26 Å². The van der Waals surface area contributed by atoms with Crippen LogP contribution in [0, 0.1) is 11.3 Å². The van der Waals surface area contributed by atoms with Crippen molar-refractivity contribution >= 4 is 23.2 Å². The van der Waals surface area contributed by atoms with Crippen LogP contribution in [0.25, 0.3) is 0 Å². The molecule has 7 heteroatoms. The fourth-order valence-electron chi connectivity index (χ4n) is 2.68. The Balaban J connectivity index is 1.74. The first-order valence-electron chi connectivity index (χ1n) is 7.96. The highest BCUT2D eigenvalue weighted by Crippen LogP contribution is 2.25. The molecule has 0 atom stereocenters. The number of aromatic nitrogens is 2. The summed E-state index contributed by atoms with van der Waals surface area (Å²) in [5, 5.41) is 12.1. The summed E-state index contributed by atoms with van der Waals surface area (Å²) in [4.78, 5) is 24.4. The first kappa shape index (κ1) is 16.5. The number of anilines is 3. The predicted octanol–water partition coefficient (Wildman–Crippen LogP) is 1.93. The molecule has 126 valence electrons. The quantitative estimate of drug-likeness (QED) is 0.860. The molecule has 2 heterocycles. The van der Waals surface area contributed by atoms with Gasteiger partial charge in [-0.3, -0.25) is 4.79 Å². The van der Waals surface area contributed by atoms with Crippen molar-refractivity contribution in [2.75, 3.05) is 36.4 Å². The van der Waals surface area contributed by atoms with Gasteiger partial charge in [-0.1, -0.05) is 6.58 Å². The molecule has 25 heavy (non-hydrogen) atoms. The normalized spacial score (nSPS) is 13.9. The first-order chi connectivity index (χ1) is 12.2. The Morgan fingerprint density at radius 2 is 1.84 bits per heavy atom. The summed E-state index contributed by atoms with van der Waals surface area (Å²) < 4.78 is 0. The second kappa shape index (κ2) is 7.45. The lowest BCUT2D eigenvalue weighted by atomic mass is 10.2. The van der Waals surface area contributed by atoms with E-state index in [0.29, 0.717) is 37.6 Å². The van der Waals surface area contributed by atoms with Gasteiger partial charge in [0, 0.05) is 44.3 Å². The summed E-state index contributed by atoms with van der Waals surface area (Å²) in [6, 6.07) is 9.25. The zero-order valence-electron chi connectivity index (χ0n) is 13.7. The summed E-state index contributed by atoms with van der Waals surface area (Å²) in [5.74, 6) is 1.35. The van der Waals surface area contributed by atoms with Crippen LogP contribution in [0.1, 0.15) is 5.56 Å². The van der Waals surface area contributed by atoms with Crippen LogP contribution < -0.4 is 10.2 Å². The smallest absolute Gasteiger partial charge is 0.246 e. The Morgan fingerprint density at radius 1 is 1.16 bits per heavy atom. The Labute approximate surface area is 146 Å². The van der Waals surface area contributed by atoms with Gasteiger partial charge in [0.25, 0.3) is 0 Å². The number of piperazine rings is 1. The Bertz CT molecular complexity index is 803. The van der Waals surface area contributed by atoms with Crippen LogP contribution in [0.2, 0.25) is 0 Å². The van der Waals surface area contributed by atoms with E-state index in [9.17, 15) is 4.79 Å². The summed E-state index contributed by atoms with van der Waals surface area (Å²) >= 11 is 0. The minimum atomic E-state index is -0.0465. The highest BCUT2D eigenvalue weighted by molar-refractivity contribution is 5.87. The monoisotopic (exact) mass is 334 g/mol. The molecule has 0 unspecified atom stereocenters. The molecule has 0 spiro atoms. The van der Waals surface area contributed by atoms with Gasteiger partial charge in [0.1, 0.15) is 0 Å². The molecule has 1 amide bonds. The molecule has 1 aromatic heterocycles. The number of rotatable bonds is 4. The third kappa shape index (κ3) is 3.75. The average molecular weight is 334 g/mol. The first-order valence-corrected chi connectivity index (χ1v) is 7.96. The summed E-state index contributed by atoms with van der Waals surface area (Å²) in [5.41, 5.74) is 1.44. The van der Waals surface area contributed by atoms with Crippen LogP contribution in [-0.2, 0) is 4.79 Å². The maximum Gasteiger partial charge on any atom is 0.246 e. The number of carbonyl (C=O) groups excluding carboxylic acids is 1. The number of hydrogen-bond acceptors (Lipinski definition) is 6. The number of hydrogen-bond donors (Lipinski definition) is 1. The predicted molar refractivity (Wildman–Crippen MR) is 95.5 cm³/mol. The van der Waals surface area contributed by atoms with Gasteiger partial charge in [0.15, 0.2) is 11.6 Å². The zero-order valence-corrected chi connectivity index (χ0v) is 13.7. The van der Waals surface area contributed by atoms with Crippen molar-refractivity contribution in [3.05, 3.63) is 54.9 Å². The van der Waals surface area contributed by atoms with Crippen molar-refractivity contribution in [3.63, 3.8) is 0 Å². The molecule has 0 saturated carbocycles. The molecular weight excluding hydrogens is 316 g/mol. The van der Waals surface area contributed by atoms with Gasteiger partial charge in [0.05, 0.1) is 11.6 Å². The largest absolute Gasteiger partial charge is 0.350 e. The molecular formula is C18H18N6O. The van der Waals surface area contributed by atoms with E-state index in [1.165, 1.54) is 6.08 Å². The molecule has 1 aromatic carbocycles. The molecule has 0 aliphatic carbocycles. The molecule has 1 fully saturated rings. The molecule has 1 aliphatic rings. The minimum absolute atomic E-state index is 0.0465. The molecule has 0 bridgehead atoms. The second-order valence-corrected chi connectivity index (χ2v) is 5.56. The third-order valence-corrected chi connectivity index (χ3v) is 4.02. The van der Waals surface area contributed by atoms with Crippen molar-refractivity contribution < 1.29 is 4.79 Å². The van der Waals surface area contributed by atoms with Crippen LogP contribution in [-0.4, -0.2) is 47.0 Å². The van der Waals surface area contributed by atoms with E-state index in [0.717, 1.165) is 11.5 Å². The van der Waals surface area contributed by atoms with Crippen LogP contribution in [0.3, 0.4) is 0 Å². The van der Waals surface area contributed by atoms with Crippen molar-refractivity contribution in [2.24, 2.45) is 0 Å². The summed E-state index contributed by atoms with van der Waals surface area (Å²) in [7, 11) is 0. The number of benzene rings is 1. The van der Waals surface area contributed by atoms with Crippen molar-refractivity contribution in [2.45, 2.75) is 0 Å². The van der Waals surface area contributed by atoms with Gasteiger partial charge in [-0.05, 0) is 30.3 Å². The lowest BCUT2D eigenvalue weighted by molar-refractivity contribution is -0.126. The Hall–Kier alpha value is -3.40. The third-order valence-electron chi connectivity index (χ3n) is 4.02. The van der Waals surface area contributed by atoms with Crippen LogP contribution >= 0.6 is 0 Å². The van der Waals surface area contributed by atoms with Gasteiger partial charge in [-0.15, -0.1) is 0 Å². The maximum atomic E-state index is 11.7. The topological polar surface area (TPSA) is 85.2 Å². The highest BCUT2D eigenvalue weighted by atomic mass is 16.2. The number of amides is 1. The highest BCUT2D eigenvalue weighted by Gasteiger charge is 2.22. The average Bonchev–Trinajstić information content (AvgIpc) is 2.68. The lowest BCUT2D eigenvalue weighted by Crippen LogP contribution is -2.48. The van der Waals surface area contributed by atoms with Gasteiger partial charge in [-0.2, -0.15) is 5.26 Å². The van der Waals surface area contributed by atoms with E-state index in [4.69, 9.17) is 5.26 Å². The minimum Gasteiger partial charge on any atom is -0.350 e. The van der Waals surface area contributed by atoms with Gasteiger partial charge in [-0.25, -0.2) is 9.97 Å². The second-order valence-electron chi connectivity index (χ2n) is 5.56. The molecule has 1 aliphatic heterocycles. The molecule has 2 aromatic rings. The van der Waals surface area contributed by atoms with Crippen LogP contribution in [0.5, 0.6) is 0 Å². The van der Waals surface area contributed by atoms with E-state index in [1.807, 2.05) is 12.1 Å². The van der Waals surface area contributed by atoms with E-state index in [1.54, 1.807) is 29.4 Å². The fraction of sp³-hybridized carbons (Fsp3) is 0.222. The summed E-state index contributed by atoms with van der Waals surface area (Å²) in [6.45, 7) is 6.14. The number of nitrogens with zero attached hydrogens (tertiary/aromatic N) is 5. The van der Waals surface area contributed by atoms with Gasteiger partial charge in [0.2, 0.25) is 5.91 Å². The number of nitriles is 1. The lowest BCUT2D eigenvalue weighted by Gasteiger charge is -2.35. The van der Waals surface area contributed by atoms with Gasteiger partial charge < -0.3 is 15.1 Å². The molecule has 7 nitrogen and oxygen atoms in total. The standard InChI is InChI=1S/C18H18N6O/c1-2-16(25)23-9-11-24(12-10-23)18-17(20-7-8-21-18)22-15-5-3-14(13-19)4-6-15/h2-8H,1,9-12H2,(H,20,22).